The molecule has 0 heterocycles. The van der Waals surface area contributed by atoms with Crippen LogP contribution in [-0.4, -0.2) is 22.8 Å². The highest BCUT2D eigenvalue weighted by Crippen LogP contribution is 2.26. The van der Waals surface area contributed by atoms with Gasteiger partial charge >= 0.3 is 5.97 Å². The second-order valence-electron chi connectivity index (χ2n) is 4.01. The number of amidine groups is 1. The van der Waals surface area contributed by atoms with E-state index in [1.807, 2.05) is 0 Å². The molecule has 0 unspecified atom stereocenters. The third kappa shape index (κ3) is 4.44. The number of carboxylic acid groups (broad SMARTS) is 1. The predicted molar refractivity (Wildman–Crippen MR) is 83.3 cm³/mol. The summed E-state index contributed by atoms with van der Waals surface area (Å²) >= 11 is 11.6. The van der Waals surface area contributed by atoms with Crippen molar-refractivity contribution in [2.45, 2.75) is 6.92 Å². The van der Waals surface area contributed by atoms with Gasteiger partial charge in [-0.15, -0.1) is 0 Å². The van der Waals surface area contributed by atoms with E-state index in [1.54, 1.807) is 6.92 Å². The standard InChI is InChI=1S/C14H12Cl2N2O3/c1-4-12(17-7(2)3)18-13(19)8-5-10(15)11(16)6-9(8)14(20)21/h4-6H,1-2H2,3H3,(H,20,21)(H,17,18,19). The summed E-state index contributed by atoms with van der Waals surface area (Å²) in [7, 11) is 0. The highest BCUT2D eigenvalue weighted by molar-refractivity contribution is 6.42. The molecule has 0 spiro atoms. The molecule has 0 fully saturated rings. The summed E-state index contributed by atoms with van der Waals surface area (Å²) in [5.41, 5.74) is 0.0617. The van der Waals surface area contributed by atoms with Crippen LogP contribution in [0.2, 0.25) is 10.0 Å². The Hall–Kier alpha value is -2.11. The topological polar surface area (TPSA) is 78.8 Å². The number of hydrogen-bond donors (Lipinski definition) is 2. The number of carboxylic acids is 1. The van der Waals surface area contributed by atoms with Gasteiger partial charge in [-0.25, -0.2) is 9.79 Å². The Morgan fingerprint density at radius 3 is 2.24 bits per heavy atom. The van der Waals surface area contributed by atoms with Gasteiger partial charge in [0.2, 0.25) is 0 Å². The number of allylic oxidation sites excluding steroid dienone is 1. The number of nitrogens with zero attached hydrogens (tertiary/aromatic N) is 1. The van der Waals surface area contributed by atoms with Crippen LogP contribution in [-0.2, 0) is 0 Å². The third-order valence-electron chi connectivity index (χ3n) is 2.28. The zero-order chi connectivity index (χ0) is 16.2. The van der Waals surface area contributed by atoms with Gasteiger partial charge in [0.25, 0.3) is 5.91 Å². The first kappa shape index (κ1) is 16.9. The number of nitrogens with one attached hydrogen (secondary N) is 1. The molecule has 1 aromatic rings. The smallest absolute Gasteiger partial charge is 0.336 e. The Bertz CT molecular complexity index is 666. The molecule has 0 aliphatic heterocycles. The van der Waals surface area contributed by atoms with Crippen molar-refractivity contribution in [3.05, 3.63) is 58.2 Å². The van der Waals surface area contributed by atoms with Crippen molar-refractivity contribution >= 4 is 40.9 Å². The van der Waals surface area contributed by atoms with Gasteiger partial charge in [-0.3, -0.25) is 4.79 Å². The summed E-state index contributed by atoms with van der Waals surface area (Å²) < 4.78 is 0. The molecule has 0 saturated heterocycles. The van der Waals surface area contributed by atoms with Crippen LogP contribution in [0.4, 0.5) is 0 Å². The van der Waals surface area contributed by atoms with Crippen LogP contribution in [0.5, 0.6) is 0 Å². The minimum absolute atomic E-state index is 0.0464. The number of carbonyl (C=O) groups excluding carboxylic acids is 1. The summed E-state index contributed by atoms with van der Waals surface area (Å²) in [6, 6.07) is 2.30. The summed E-state index contributed by atoms with van der Waals surface area (Å²) in [5, 5.41) is 11.7. The third-order valence-corrected chi connectivity index (χ3v) is 3.00. The molecule has 0 atom stereocenters. The first-order chi connectivity index (χ1) is 9.76. The highest BCUT2D eigenvalue weighted by Gasteiger charge is 2.19. The number of halogens is 2. The minimum atomic E-state index is -1.30. The van der Waals surface area contributed by atoms with Gasteiger partial charge in [0.1, 0.15) is 5.84 Å². The molecule has 0 aromatic heterocycles. The lowest BCUT2D eigenvalue weighted by Gasteiger charge is -2.09. The van der Waals surface area contributed by atoms with Gasteiger partial charge < -0.3 is 10.4 Å². The van der Waals surface area contributed by atoms with Gasteiger partial charge in [0.05, 0.1) is 21.2 Å². The van der Waals surface area contributed by atoms with Gasteiger partial charge in [0, 0.05) is 5.70 Å². The number of amides is 1. The summed E-state index contributed by atoms with van der Waals surface area (Å²) in [6.07, 6.45) is 1.31. The van der Waals surface area contributed by atoms with Crippen LogP contribution in [0.1, 0.15) is 27.6 Å². The molecule has 1 aromatic carbocycles. The molecule has 0 aliphatic carbocycles. The van der Waals surface area contributed by atoms with Gasteiger partial charge in [0.15, 0.2) is 0 Å². The average molecular weight is 327 g/mol. The fourth-order valence-corrected chi connectivity index (χ4v) is 1.75. The summed E-state index contributed by atoms with van der Waals surface area (Å²) in [5.74, 6) is -1.84. The maximum Gasteiger partial charge on any atom is 0.336 e. The number of carbonyl (C=O) groups is 2. The Kier molecular flexibility index (Phi) is 5.69. The molecule has 5 nitrogen and oxygen atoms in total. The SMILES string of the molecule is C=CC(=NC(=C)C)NC(=O)c1cc(Cl)c(Cl)cc1C(=O)O. The minimum Gasteiger partial charge on any atom is -0.478 e. The number of hydrogen-bond acceptors (Lipinski definition) is 3. The maximum atomic E-state index is 12.1. The molecule has 21 heavy (non-hydrogen) atoms. The van der Waals surface area contributed by atoms with E-state index in [1.165, 1.54) is 12.1 Å². The van der Waals surface area contributed by atoms with E-state index in [0.717, 1.165) is 6.07 Å². The molecule has 2 N–H and O–H groups in total. The molecule has 1 amide bonds. The Morgan fingerprint density at radius 1 is 1.29 bits per heavy atom. The zero-order valence-corrected chi connectivity index (χ0v) is 12.6. The molecule has 0 saturated carbocycles. The monoisotopic (exact) mass is 326 g/mol. The van der Waals surface area contributed by atoms with Crippen molar-refractivity contribution in [1.82, 2.24) is 5.32 Å². The van der Waals surface area contributed by atoms with Gasteiger partial charge in [-0.05, 0) is 25.1 Å². The van der Waals surface area contributed by atoms with Gasteiger partial charge in [-0.1, -0.05) is 36.4 Å². The lowest BCUT2D eigenvalue weighted by molar-refractivity contribution is 0.0691. The van der Waals surface area contributed by atoms with Crippen LogP contribution in [0, 0.1) is 0 Å². The van der Waals surface area contributed by atoms with Crippen LogP contribution < -0.4 is 5.32 Å². The molecular weight excluding hydrogens is 315 g/mol. The highest BCUT2D eigenvalue weighted by atomic mass is 35.5. The quantitative estimate of drug-likeness (QED) is 0.656. The number of aliphatic imine (C=N–C) groups is 1. The van der Waals surface area contributed by atoms with Crippen molar-refractivity contribution in [1.29, 1.82) is 0 Å². The fourth-order valence-electron chi connectivity index (χ4n) is 1.43. The molecule has 0 aliphatic rings. The second kappa shape index (κ2) is 7.06. The zero-order valence-electron chi connectivity index (χ0n) is 11.1. The molecule has 0 bridgehead atoms. The normalized spacial score (nSPS) is 10.9. The van der Waals surface area contributed by atoms with Crippen LogP contribution in [0.25, 0.3) is 0 Å². The number of benzene rings is 1. The van der Waals surface area contributed by atoms with Crippen molar-refractivity contribution < 1.29 is 14.7 Å². The van der Waals surface area contributed by atoms with Crippen LogP contribution in [0.3, 0.4) is 0 Å². The van der Waals surface area contributed by atoms with E-state index in [4.69, 9.17) is 28.3 Å². The van der Waals surface area contributed by atoms with Crippen LogP contribution >= 0.6 is 23.2 Å². The molecule has 1 rings (SSSR count). The Morgan fingerprint density at radius 2 is 1.81 bits per heavy atom. The largest absolute Gasteiger partial charge is 0.478 e. The van der Waals surface area contributed by atoms with Crippen molar-refractivity contribution in [2.24, 2.45) is 4.99 Å². The van der Waals surface area contributed by atoms with Crippen molar-refractivity contribution in [3.8, 4) is 0 Å². The van der Waals surface area contributed by atoms with E-state index >= 15 is 0 Å². The van der Waals surface area contributed by atoms with E-state index in [0.29, 0.717) is 5.70 Å². The van der Waals surface area contributed by atoms with E-state index in [9.17, 15) is 9.59 Å². The van der Waals surface area contributed by atoms with Gasteiger partial charge in [-0.2, -0.15) is 0 Å². The van der Waals surface area contributed by atoms with E-state index in [-0.39, 0.29) is 27.0 Å². The van der Waals surface area contributed by atoms with E-state index in [2.05, 4.69) is 23.5 Å². The second-order valence-corrected chi connectivity index (χ2v) is 4.82. The Balaban J connectivity index is 3.24. The molecule has 7 heteroatoms. The lowest BCUT2D eigenvalue weighted by Crippen LogP contribution is -2.30. The number of rotatable bonds is 4. The summed E-state index contributed by atoms with van der Waals surface area (Å²) in [4.78, 5) is 27.3. The van der Waals surface area contributed by atoms with Crippen molar-refractivity contribution in [3.63, 3.8) is 0 Å². The van der Waals surface area contributed by atoms with Crippen LogP contribution in [0.15, 0.2) is 42.1 Å². The molecule has 110 valence electrons. The summed E-state index contributed by atoms with van der Waals surface area (Å²) in [6.45, 7) is 8.71. The molecule has 0 radical (unpaired) electrons. The van der Waals surface area contributed by atoms with E-state index < -0.39 is 11.9 Å². The lowest BCUT2D eigenvalue weighted by atomic mass is 10.1. The predicted octanol–water partition coefficient (Wildman–Crippen LogP) is 3.54. The maximum absolute atomic E-state index is 12.1. The molecular formula is C14H12Cl2N2O3. The number of aromatic carboxylic acids is 1. The Labute approximate surface area is 131 Å². The first-order valence-corrected chi connectivity index (χ1v) is 6.42. The first-order valence-electron chi connectivity index (χ1n) is 5.66. The fraction of sp³-hybridized carbons (Fsp3) is 0.0714. The van der Waals surface area contributed by atoms with Crippen molar-refractivity contribution in [2.75, 3.05) is 0 Å². The average Bonchev–Trinajstić information content (AvgIpc) is 2.39.